The van der Waals surface area contributed by atoms with Gasteiger partial charge in [-0.15, -0.1) is 0 Å². The van der Waals surface area contributed by atoms with Crippen molar-refractivity contribution in [1.82, 2.24) is 15.2 Å². The Balaban J connectivity index is 1.79. The minimum Gasteiger partial charge on any atom is -0.329 e. The lowest BCUT2D eigenvalue weighted by Gasteiger charge is -2.28. The normalized spacial score (nSPS) is 16.4. The summed E-state index contributed by atoms with van der Waals surface area (Å²) in [6.07, 6.45) is -3.72. The Morgan fingerprint density at radius 2 is 2.00 bits per heavy atom. The molecule has 1 atom stereocenters. The van der Waals surface area contributed by atoms with Crippen LogP contribution in [0.15, 0.2) is 28.8 Å². The van der Waals surface area contributed by atoms with E-state index in [1.165, 1.54) is 19.2 Å². The van der Waals surface area contributed by atoms with E-state index in [-0.39, 0.29) is 5.82 Å². The lowest BCUT2D eigenvalue weighted by atomic mass is 10.0. The highest BCUT2D eigenvalue weighted by Gasteiger charge is 2.53. The molecule has 0 radical (unpaired) electrons. The number of benzene rings is 1. The molecule has 0 saturated heterocycles. The van der Waals surface area contributed by atoms with Crippen LogP contribution < -0.4 is 0 Å². The third-order valence-electron chi connectivity index (χ3n) is 4.44. The van der Waals surface area contributed by atoms with E-state index < -0.39 is 29.4 Å². The molecule has 27 heavy (non-hydrogen) atoms. The number of aromatic nitrogens is 2. The molecule has 0 bridgehead atoms. The lowest BCUT2D eigenvalue weighted by Crippen LogP contribution is -2.37. The van der Waals surface area contributed by atoms with Gasteiger partial charge in [-0.2, -0.15) is 23.4 Å². The maximum Gasteiger partial charge on any atom is 0.471 e. The predicted octanol–water partition coefficient (Wildman–Crippen LogP) is 3.51. The van der Waals surface area contributed by atoms with Gasteiger partial charge < -0.3 is 4.52 Å². The smallest absolute Gasteiger partial charge is 0.329 e. The third-order valence-corrected chi connectivity index (χ3v) is 4.44. The monoisotopic (exact) mass is 380 g/mol. The Hall–Kier alpha value is -2.93. The van der Waals surface area contributed by atoms with Crippen LogP contribution in [0.25, 0.3) is 11.4 Å². The summed E-state index contributed by atoms with van der Waals surface area (Å²) >= 11 is 0. The number of hydrogen-bond acceptors (Lipinski definition) is 6. The first-order chi connectivity index (χ1) is 12.7. The van der Waals surface area contributed by atoms with Crippen LogP contribution >= 0.6 is 0 Å². The molecule has 0 N–H and O–H groups in total. The molecule has 1 aliphatic carbocycles. The molecule has 1 aromatic heterocycles. The summed E-state index contributed by atoms with van der Waals surface area (Å²) in [6, 6.07) is 7.81. The van der Waals surface area contributed by atoms with Gasteiger partial charge in [-0.25, -0.2) is 5.06 Å². The quantitative estimate of drug-likeness (QED) is 0.737. The van der Waals surface area contributed by atoms with Crippen molar-refractivity contribution in [1.29, 1.82) is 5.26 Å². The molecule has 1 unspecified atom stereocenters. The molecule has 0 spiro atoms. The van der Waals surface area contributed by atoms with E-state index in [4.69, 9.17) is 4.84 Å². The second-order valence-electron chi connectivity index (χ2n) is 6.23. The summed E-state index contributed by atoms with van der Waals surface area (Å²) in [6.45, 7) is 1.72. The van der Waals surface area contributed by atoms with E-state index in [9.17, 15) is 23.2 Å². The lowest BCUT2D eigenvalue weighted by molar-refractivity contribution is -0.192. The molecule has 1 heterocycles. The molecule has 1 saturated carbocycles. The van der Waals surface area contributed by atoms with Gasteiger partial charge in [-0.3, -0.25) is 9.63 Å². The highest BCUT2D eigenvalue weighted by molar-refractivity contribution is 5.87. The molecular weight excluding hydrogens is 365 g/mol. The Morgan fingerprint density at radius 3 is 2.44 bits per heavy atom. The van der Waals surface area contributed by atoms with Crippen molar-refractivity contribution in [2.24, 2.45) is 5.41 Å². The van der Waals surface area contributed by atoms with Gasteiger partial charge in [0, 0.05) is 5.56 Å². The molecule has 2 aromatic rings. The molecule has 10 heteroatoms. The van der Waals surface area contributed by atoms with Gasteiger partial charge in [0.15, 0.2) is 0 Å². The van der Waals surface area contributed by atoms with Crippen molar-refractivity contribution in [2.75, 3.05) is 7.11 Å². The number of halogens is 3. The van der Waals surface area contributed by atoms with Crippen molar-refractivity contribution in [2.45, 2.75) is 32.0 Å². The number of rotatable bonds is 5. The average Bonchev–Trinajstić information content (AvgIpc) is 3.28. The first kappa shape index (κ1) is 18.8. The van der Waals surface area contributed by atoms with Crippen LogP contribution in [0.5, 0.6) is 0 Å². The highest BCUT2D eigenvalue weighted by Crippen LogP contribution is 2.47. The maximum absolute atomic E-state index is 12.6. The summed E-state index contributed by atoms with van der Waals surface area (Å²) < 4.78 is 41.9. The maximum atomic E-state index is 12.6. The van der Waals surface area contributed by atoms with Crippen LogP contribution in [0.4, 0.5) is 13.2 Å². The number of nitrogens with zero attached hydrogens (tertiary/aromatic N) is 4. The molecular formula is C17H15F3N4O3. The van der Waals surface area contributed by atoms with Crippen molar-refractivity contribution < 1.29 is 27.3 Å². The summed E-state index contributed by atoms with van der Waals surface area (Å²) in [4.78, 5) is 21.0. The van der Waals surface area contributed by atoms with E-state index in [0.29, 0.717) is 24.0 Å². The third kappa shape index (κ3) is 3.50. The van der Waals surface area contributed by atoms with Crippen LogP contribution in [0, 0.1) is 16.7 Å². The fourth-order valence-corrected chi connectivity index (χ4v) is 2.63. The van der Waals surface area contributed by atoms with E-state index in [0.717, 1.165) is 5.06 Å². The zero-order valence-corrected chi connectivity index (χ0v) is 14.4. The standard InChI is InChI=1S/C17H15F3N4O3/c1-10(24(26-2)15(25)16(9-21)7-8-16)11-3-5-12(6-4-11)13-22-14(27-23-13)17(18,19)20/h3-6,10H,7-8H2,1-2H3. The molecule has 142 valence electrons. The molecule has 1 aliphatic rings. The van der Waals surface area contributed by atoms with Gasteiger partial charge in [-0.05, 0) is 25.3 Å². The largest absolute Gasteiger partial charge is 0.471 e. The predicted molar refractivity (Wildman–Crippen MR) is 84.3 cm³/mol. The number of carbonyl (C=O) groups is 1. The fraction of sp³-hybridized carbons (Fsp3) is 0.412. The zero-order chi connectivity index (χ0) is 19.8. The minimum atomic E-state index is -4.71. The van der Waals surface area contributed by atoms with E-state index in [2.05, 4.69) is 14.7 Å². The van der Waals surface area contributed by atoms with Gasteiger partial charge in [0.1, 0.15) is 5.41 Å². The van der Waals surface area contributed by atoms with Gasteiger partial charge in [-0.1, -0.05) is 29.4 Å². The van der Waals surface area contributed by atoms with E-state index in [1.807, 2.05) is 6.07 Å². The average molecular weight is 380 g/mol. The number of nitriles is 1. The summed E-state index contributed by atoms with van der Waals surface area (Å²) in [5.74, 6) is -2.02. The second-order valence-corrected chi connectivity index (χ2v) is 6.23. The van der Waals surface area contributed by atoms with Crippen molar-refractivity contribution >= 4 is 5.91 Å². The van der Waals surface area contributed by atoms with Crippen molar-refractivity contribution in [3.63, 3.8) is 0 Å². The Kier molecular flexibility index (Phi) is 4.65. The molecule has 1 fully saturated rings. The van der Waals surface area contributed by atoms with E-state index in [1.54, 1.807) is 19.1 Å². The molecule has 7 nitrogen and oxygen atoms in total. The van der Waals surface area contributed by atoms with Gasteiger partial charge >= 0.3 is 12.1 Å². The Labute approximate surface area is 152 Å². The minimum absolute atomic E-state index is 0.192. The first-order valence-electron chi connectivity index (χ1n) is 8.02. The second kappa shape index (κ2) is 6.66. The first-order valence-corrected chi connectivity index (χ1v) is 8.02. The van der Waals surface area contributed by atoms with Crippen LogP contribution in [0.2, 0.25) is 0 Å². The number of hydrogen-bond donors (Lipinski definition) is 0. The molecule has 3 rings (SSSR count). The molecule has 0 aliphatic heterocycles. The van der Waals surface area contributed by atoms with Crippen LogP contribution in [-0.2, 0) is 15.8 Å². The van der Waals surface area contributed by atoms with Crippen LogP contribution in [0.1, 0.15) is 37.3 Å². The molecule has 1 aromatic carbocycles. The summed E-state index contributed by atoms with van der Waals surface area (Å²) in [5.41, 5.74) is -0.0264. The van der Waals surface area contributed by atoms with Crippen LogP contribution in [-0.4, -0.2) is 28.2 Å². The number of alkyl halides is 3. The zero-order valence-electron chi connectivity index (χ0n) is 14.4. The van der Waals surface area contributed by atoms with Gasteiger partial charge in [0.05, 0.1) is 19.2 Å². The van der Waals surface area contributed by atoms with Crippen molar-refractivity contribution in [3.05, 3.63) is 35.7 Å². The summed E-state index contributed by atoms with van der Waals surface area (Å²) in [7, 11) is 1.34. The molecule has 1 amide bonds. The highest BCUT2D eigenvalue weighted by atomic mass is 19.4. The fourth-order valence-electron chi connectivity index (χ4n) is 2.63. The number of carbonyl (C=O) groups excluding carboxylic acids is 1. The Morgan fingerprint density at radius 1 is 1.37 bits per heavy atom. The van der Waals surface area contributed by atoms with Gasteiger partial charge in [0.2, 0.25) is 5.82 Å². The van der Waals surface area contributed by atoms with E-state index >= 15 is 0 Å². The van der Waals surface area contributed by atoms with Gasteiger partial charge in [0.25, 0.3) is 5.91 Å². The van der Waals surface area contributed by atoms with Crippen molar-refractivity contribution in [3.8, 4) is 17.5 Å². The van der Waals surface area contributed by atoms with Crippen LogP contribution in [0.3, 0.4) is 0 Å². The number of amides is 1. The topological polar surface area (TPSA) is 92.2 Å². The Bertz CT molecular complexity index is 882. The number of hydroxylamine groups is 2. The summed E-state index contributed by atoms with van der Waals surface area (Å²) in [5, 5.41) is 13.7. The SMILES string of the molecule is CON(C(=O)C1(C#N)CC1)C(C)c1ccc(-c2noc(C(F)(F)F)n2)cc1.